The molecule has 0 aromatic carbocycles. The number of hydrogen-bond acceptors (Lipinski definition) is 3. The molecule has 12 heavy (non-hydrogen) atoms. The van der Waals surface area contributed by atoms with Crippen LogP contribution in [0, 0.1) is 0 Å². The highest BCUT2D eigenvalue weighted by molar-refractivity contribution is 7.62. The molecule has 1 atom stereocenters. The average molecular weight is 192 g/mol. The molecule has 0 amide bonds. The molecular weight excluding hydrogens is 179 g/mol. The average Bonchev–Trinajstić information content (AvgIpc) is 2.02. The standard InChI is InChI=1S/C7H13O4P/c1-3-11-12(10,4-2)6-5-7(8)9/h5-6H,3-4H2,1-2H3,(H,8,9)/b6-5+. The lowest BCUT2D eigenvalue weighted by molar-refractivity contribution is -0.131. The molecule has 5 heteroatoms. The van der Waals surface area contributed by atoms with Crippen LogP contribution in [0.15, 0.2) is 11.9 Å². The number of carboxylic acids is 1. The summed E-state index contributed by atoms with van der Waals surface area (Å²) in [5.74, 6) is 0.0297. The van der Waals surface area contributed by atoms with Crippen LogP contribution in [0.25, 0.3) is 0 Å². The molecule has 70 valence electrons. The molecule has 0 aliphatic carbocycles. The van der Waals surface area contributed by atoms with Crippen LogP contribution in [-0.4, -0.2) is 23.8 Å². The van der Waals surface area contributed by atoms with Crippen LogP contribution < -0.4 is 0 Å². The number of rotatable bonds is 5. The SMILES string of the molecule is CCOP(=O)(/C=C/C(=O)O)CC. The van der Waals surface area contributed by atoms with Crippen LogP contribution in [0.1, 0.15) is 13.8 Å². The quantitative estimate of drug-likeness (QED) is 0.533. The van der Waals surface area contributed by atoms with E-state index in [1.807, 2.05) is 0 Å². The molecule has 0 fully saturated rings. The van der Waals surface area contributed by atoms with E-state index in [1.54, 1.807) is 13.8 Å². The third-order valence-electron chi connectivity index (χ3n) is 1.23. The number of carbonyl (C=O) groups is 1. The monoisotopic (exact) mass is 192 g/mol. The summed E-state index contributed by atoms with van der Waals surface area (Å²) in [7, 11) is -2.82. The maximum atomic E-state index is 11.5. The summed E-state index contributed by atoms with van der Waals surface area (Å²) in [6.07, 6.45) is 1.19. The first-order valence-corrected chi connectivity index (χ1v) is 5.57. The molecule has 0 rings (SSSR count). The Hall–Kier alpha value is -0.600. The fourth-order valence-corrected chi connectivity index (χ4v) is 1.91. The second kappa shape index (κ2) is 5.12. The van der Waals surface area contributed by atoms with Gasteiger partial charge >= 0.3 is 5.97 Å². The van der Waals surface area contributed by atoms with Crippen molar-refractivity contribution in [2.75, 3.05) is 12.8 Å². The Labute approximate surface area is 71.7 Å². The maximum Gasteiger partial charge on any atom is 0.328 e. The second-order valence-electron chi connectivity index (χ2n) is 2.11. The summed E-state index contributed by atoms with van der Waals surface area (Å²) in [4.78, 5) is 10.1. The first kappa shape index (κ1) is 11.4. The molecule has 0 aliphatic heterocycles. The van der Waals surface area contributed by atoms with E-state index in [9.17, 15) is 9.36 Å². The topological polar surface area (TPSA) is 63.6 Å². The van der Waals surface area contributed by atoms with E-state index in [0.717, 1.165) is 11.9 Å². The summed E-state index contributed by atoms with van der Waals surface area (Å²) in [6, 6.07) is 0. The summed E-state index contributed by atoms with van der Waals surface area (Å²) in [5.41, 5.74) is 0. The highest BCUT2D eigenvalue weighted by Gasteiger charge is 2.15. The van der Waals surface area contributed by atoms with Crippen molar-refractivity contribution in [3.8, 4) is 0 Å². The van der Waals surface area contributed by atoms with E-state index in [-0.39, 0.29) is 0 Å². The van der Waals surface area contributed by atoms with Crippen molar-refractivity contribution in [1.82, 2.24) is 0 Å². The number of aliphatic carboxylic acids is 1. The van der Waals surface area contributed by atoms with Crippen molar-refractivity contribution < 1.29 is 19.0 Å². The third kappa shape index (κ3) is 4.31. The van der Waals surface area contributed by atoms with E-state index in [0.29, 0.717) is 12.8 Å². The van der Waals surface area contributed by atoms with Gasteiger partial charge in [-0.15, -0.1) is 0 Å². The van der Waals surface area contributed by atoms with Gasteiger partial charge in [-0.3, -0.25) is 4.57 Å². The summed E-state index contributed by atoms with van der Waals surface area (Å²) in [6.45, 7) is 3.74. The molecule has 0 aliphatic rings. The zero-order valence-electron chi connectivity index (χ0n) is 7.19. The molecule has 0 aromatic rings. The van der Waals surface area contributed by atoms with Gasteiger partial charge in [-0.25, -0.2) is 4.79 Å². The third-order valence-corrected chi connectivity index (χ3v) is 3.41. The van der Waals surface area contributed by atoms with Crippen molar-refractivity contribution >= 4 is 13.3 Å². The highest BCUT2D eigenvalue weighted by Crippen LogP contribution is 2.47. The predicted octanol–water partition coefficient (Wildman–Crippen LogP) is 1.92. The van der Waals surface area contributed by atoms with E-state index in [1.165, 1.54) is 0 Å². The van der Waals surface area contributed by atoms with Crippen LogP contribution in [0.4, 0.5) is 0 Å². The molecular formula is C7H13O4P. The van der Waals surface area contributed by atoms with E-state index in [2.05, 4.69) is 0 Å². The predicted molar refractivity (Wildman–Crippen MR) is 46.5 cm³/mol. The van der Waals surface area contributed by atoms with Crippen molar-refractivity contribution in [2.45, 2.75) is 13.8 Å². The molecule has 1 unspecified atom stereocenters. The van der Waals surface area contributed by atoms with Gasteiger partial charge in [0.05, 0.1) is 6.61 Å². The minimum atomic E-state index is -2.82. The van der Waals surface area contributed by atoms with Gasteiger partial charge in [0.25, 0.3) is 0 Å². The van der Waals surface area contributed by atoms with Crippen molar-refractivity contribution in [2.24, 2.45) is 0 Å². The van der Waals surface area contributed by atoms with Crippen molar-refractivity contribution in [1.29, 1.82) is 0 Å². The van der Waals surface area contributed by atoms with Gasteiger partial charge in [-0.1, -0.05) is 6.92 Å². The van der Waals surface area contributed by atoms with Crippen LogP contribution in [-0.2, 0) is 13.9 Å². The summed E-state index contributed by atoms with van der Waals surface area (Å²) in [5, 5.41) is 8.28. The molecule has 0 aromatic heterocycles. The lowest BCUT2D eigenvalue weighted by Gasteiger charge is -2.09. The van der Waals surface area contributed by atoms with Gasteiger partial charge in [0.2, 0.25) is 7.37 Å². The maximum absolute atomic E-state index is 11.5. The Morgan fingerprint density at radius 3 is 2.50 bits per heavy atom. The zero-order chi connectivity index (χ0) is 9.61. The minimum absolute atomic E-state index is 0.324. The Balaban J connectivity index is 4.33. The number of hydrogen-bond donors (Lipinski definition) is 1. The minimum Gasteiger partial charge on any atom is -0.478 e. The lowest BCUT2D eigenvalue weighted by atomic mass is 10.7. The van der Waals surface area contributed by atoms with Crippen LogP contribution in [0.3, 0.4) is 0 Å². The van der Waals surface area contributed by atoms with Crippen LogP contribution in [0.2, 0.25) is 0 Å². The number of carboxylic acid groups (broad SMARTS) is 1. The van der Waals surface area contributed by atoms with E-state index in [4.69, 9.17) is 9.63 Å². The molecule has 0 saturated heterocycles. The first-order valence-electron chi connectivity index (χ1n) is 3.69. The van der Waals surface area contributed by atoms with Gasteiger partial charge < -0.3 is 9.63 Å². The van der Waals surface area contributed by atoms with Gasteiger partial charge in [0.15, 0.2) is 0 Å². The zero-order valence-corrected chi connectivity index (χ0v) is 8.08. The molecule has 0 spiro atoms. The molecule has 4 nitrogen and oxygen atoms in total. The highest BCUT2D eigenvalue weighted by atomic mass is 31.2. The van der Waals surface area contributed by atoms with Gasteiger partial charge in [-0.05, 0) is 6.92 Å². The van der Waals surface area contributed by atoms with E-state index >= 15 is 0 Å². The smallest absolute Gasteiger partial charge is 0.328 e. The van der Waals surface area contributed by atoms with Crippen molar-refractivity contribution in [3.05, 3.63) is 11.9 Å². The fraction of sp³-hybridized carbons (Fsp3) is 0.571. The lowest BCUT2D eigenvalue weighted by Crippen LogP contribution is -1.92. The Bertz CT molecular complexity index is 221. The van der Waals surface area contributed by atoms with Crippen LogP contribution in [0.5, 0.6) is 0 Å². The Kier molecular flexibility index (Phi) is 4.86. The largest absolute Gasteiger partial charge is 0.478 e. The first-order chi connectivity index (χ1) is 5.54. The molecule has 0 saturated carbocycles. The Morgan fingerprint density at radius 1 is 1.58 bits per heavy atom. The second-order valence-corrected chi connectivity index (χ2v) is 4.76. The molecule has 1 N–H and O–H groups in total. The van der Waals surface area contributed by atoms with Crippen LogP contribution >= 0.6 is 7.37 Å². The van der Waals surface area contributed by atoms with E-state index < -0.39 is 13.3 Å². The normalized spacial score (nSPS) is 16.2. The fourth-order valence-electron chi connectivity index (χ4n) is 0.636. The van der Waals surface area contributed by atoms with Crippen molar-refractivity contribution in [3.63, 3.8) is 0 Å². The molecule has 0 heterocycles. The van der Waals surface area contributed by atoms with Gasteiger partial charge in [0.1, 0.15) is 0 Å². The summed E-state index contributed by atoms with van der Waals surface area (Å²) < 4.78 is 16.4. The molecule has 0 bridgehead atoms. The van der Waals surface area contributed by atoms with Gasteiger partial charge in [0, 0.05) is 18.1 Å². The Morgan fingerprint density at radius 2 is 2.17 bits per heavy atom. The van der Waals surface area contributed by atoms with Gasteiger partial charge in [-0.2, -0.15) is 0 Å². The molecule has 0 radical (unpaired) electrons. The summed E-state index contributed by atoms with van der Waals surface area (Å²) >= 11 is 0.